The number of aryl methyl sites for hydroxylation is 1. The summed E-state index contributed by atoms with van der Waals surface area (Å²) in [6, 6.07) is 0.388. The van der Waals surface area contributed by atoms with E-state index in [-0.39, 0.29) is 11.4 Å². The largest absolute Gasteiger partial charge is 0.496 e. The van der Waals surface area contributed by atoms with Gasteiger partial charge < -0.3 is 20.3 Å². The average molecular weight is 226 g/mol. The van der Waals surface area contributed by atoms with E-state index in [0.29, 0.717) is 11.4 Å². The van der Waals surface area contributed by atoms with Crippen molar-refractivity contribution in [2.24, 2.45) is 5.73 Å². The van der Waals surface area contributed by atoms with Crippen LogP contribution in [-0.4, -0.2) is 30.3 Å². The Morgan fingerprint density at radius 3 is 2.56 bits per heavy atom. The molecule has 0 fully saturated rings. The highest BCUT2D eigenvalue weighted by Crippen LogP contribution is 2.32. The fourth-order valence-electron chi connectivity index (χ4n) is 1.36. The Morgan fingerprint density at radius 2 is 2.12 bits per heavy atom. The minimum Gasteiger partial charge on any atom is -0.496 e. The zero-order valence-electron chi connectivity index (χ0n) is 9.35. The normalized spacial score (nSPS) is 12.0. The lowest BCUT2D eigenvalue weighted by Gasteiger charge is -2.15. The maximum absolute atomic E-state index is 10.9. The molecule has 0 aliphatic carbocycles. The lowest BCUT2D eigenvalue weighted by Crippen LogP contribution is -2.22. The van der Waals surface area contributed by atoms with Crippen molar-refractivity contribution in [1.29, 1.82) is 0 Å². The van der Waals surface area contributed by atoms with Crippen LogP contribution in [0.25, 0.3) is 0 Å². The molecule has 0 aliphatic heterocycles. The van der Waals surface area contributed by atoms with Gasteiger partial charge in [-0.25, -0.2) is 4.98 Å². The first kappa shape index (κ1) is 12.3. The van der Waals surface area contributed by atoms with E-state index in [0.717, 1.165) is 0 Å². The van der Waals surface area contributed by atoms with E-state index >= 15 is 0 Å². The molecule has 1 aromatic rings. The SMILES string of the molecule is COc1cc(C)nc(OC)c1C(N)C(=O)O. The van der Waals surface area contributed by atoms with Crippen LogP contribution in [-0.2, 0) is 4.79 Å². The summed E-state index contributed by atoms with van der Waals surface area (Å²) in [6.07, 6.45) is 0. The van der Waals surface area contributed by atoms with E-state index in [9.17, 15) is 4.79 Å². The number of methoxy groups -OCH3 is 2. The summed E-state index contributed by atoms with van der Waals surface area (Å²) in [5, 5.41) is 8.88. The standard InChI is InChI=1S/C10H14N2O4/c1-5-4-6(15-2)7(8(11)10(13)14)9(12-5)16-3/h4,8H,11H2,1-3H3,(H,13,14). The third-order valence-electron chi connectivity index (χ3n) is 2.10. The number of nitrogens with two attached hydrogens (primary N) is 1. The summed E-state index contributed by atoms with van der Waals surface area (Å²) < 4.78 is 10.1. The van der Waals surface area contributed by atoms with E-state index in [2.05, 4.69) is 4.98 Å². The van der Waals surface area contributed by atoms with Crippen molar-refractivity contribution in [2.75, 3.05) is 14.2 Å². The molecule has 0 spiro atoms. The minimum atomic E-state index is -1.22. The van der Waals surface area contributed by atoms with Gasteiger partial charge in [0, 0.05) is 11.8 Å². The van der Waals surface area contributed by atoms with Crippen molar-refractivity contribution in [1.82, 2.24) is 4.98 Å². The van der Waals surface area contributed by atoms with Crippen molar-refractivity contribution in [3.05, 3.63) is 17.3 Å². The number of carbonyl (C=O) groups is 1. The second-order valence-corrected chi connectivity index (χ2v) is 3.20. The molecule has 0 radical (unpaired) electrons. The number of pyridine rings is 1. The van der Waals surface area contributed by atoms with Crippen molar-refractivity contribution in [3.63, 3.8) is 0 Å². The molecule has 1 heterocycles. The quantitative estimate of drug-likeness (QED) is 0.775. The van der Waals surface area contributed by atoms with Crippen LogP contribution >= 0.6 is 0 Å². The third-order valence-corrected chi connectivity index (χ3v) is 2.10. The number of rotatable bonds is 4. The zero-order chi connectivity index (χ0) is 12.3. The number of hydrogen-bond acceptors (Lipinski definition) is 5. The van der Waals surface area contributed by atoms with Gasteiger partial charge >= 0.3 is 5.97 Å². The Kier molecular flexibility index (Phi) is 3.68. The number of carboxylic acid groups (broad SMARTS) is 1. The molecule has 1 atom stereocenters. The van der Waals surface area contributed by atoms with Gasteiger partial charge in [0.15, 0.2) is 0 Å². The highest BCUT2D eigenvalue weighted by Gasteiger charge is 2.25. The molecule has 0 saturated carbocycles. The minimum absolute atomic E-state index is 0.173. The van der Waals surface area contributed by atoms with Crippen molar-refractivity contribution >= 4 is 5.97 Å². The van der Waals surface area contributed by atoms with Gasteiger partial charge in [0.25, 0.3) is 0 Å². The topological polar surface area (TPSA) is 94.7 Å². The van der Waals surface area contributed by atoms with Crippen LogP contribution in [0.1, 0.15) is 17.3 Å². The van der Waals surface area contributed by atoms with Gasteiger partial charge in [0.05, 0.1) is 19.8 Å². The molecule has 16 heavy (non-hydrogen) atoms. The molecule has 0 saturated heterocycles. The smallest absolute Gasteiger partial charge is 0.325 e. The first-order chi connectivity index (χ1) is 7.51. The summed E-state index contributed by atoms with van der Waals surface area (Å²) in [4.78, 5) is 14.9. The fraction of sp³-hybridized carbons (Fsp3) is 0.400. The number of aromatic nitrogens is 1. The van der Waals surface area contributed by atoms with Crippen LogP contribution in [0.3, 0.4) is 0 Å². The van der Waals surface area contributed by atoms with Crippen molar-refractivity contribution in [2.45, 2.75) is 13.0 Å². The fourth-order valence-corrected chi connectivity index (χ4v) is 1.36. The molecular formula is C10H14N2O4. The highest BCUT2D eigenvalue weighted by molar-refractivity contribution is 5.77. The molecule has 1 unspecified atom stereocenters. The second kappa shape index (κ2) is 4.80. The Hall–Kier alpha value is -1.82. The van der Waals surface area contributed by atoms with Crippen LogP contribution in [0.4, 0.5) is 0 Å². The van der Waals surface area contributed by atoms with Crippen LogP contribution in [0.2, 0.25) is 0 Å². The van der Waals surface area contributed by atoms with Crippen LogP contribution in [0.15, 0.2) is 6.07 Å². The molecule has 3 N–H and O–H groups in total. The number of aliphatic carboxylic acids is 1. The summed E-state index contributed by atoms with van der Waals surface area (Å²) in [5.41, 5.74) is 6.44. The molecule has 1 rings (SSSR count). The summed E-state index contributed by atoms with van der Waals surface area (Å²) in [6.45, 7) is 1.75. The molecule has 0 aliphatic rings. The van der Waals surface area contributed by atoms with E-state index in [1.54, 1.807) is 13.0 Å². The lowest BCUT2D eigenvalue weighted by molar-refractivity contribution is -0.138. The molecule has 1 aromatic heterocycles. The number of nitrogens with zero attached hydrogens (tertiary/aromatic N) is 1. The van der Waals surface area contributed by atoms with Crippen LogP contribution < -0.4 is 15.2 Å². The number of carboxylic acids is 1. The summed E-state index contributed by atoms with van der Waals surface area (Å²) in [7, 11) is 2.84. The predicted molar refractivity (Wildman–Crippen MR) is 56.6 cm³/mol. The lowest BCUT2D eigenvalue weighted by atomic mass is 10.1. The first-order valence-corrected chi connectivity index (χ1v) is 4.59. The monoisotopic (exact) mass is 226 g/mol. The first-order valence-electron chi connectivity index (χ1n) is 4.59. The summed E-state index contributed by atoms with van der Waals surface area (Å²) >= 11 is 0. The Labute approximate surface area is 93.0 Å². The Morgan fingerprint density at radius 1 is 1.50 bits per heavy atom. The molecule has 88 valence electrons. The highest BCUT2D eigenvalue weighted by atomic mass is 16.5. The molecule has 0 amide bonds. The molecule has 0 bridgehead atoms. The van der Waals surface area contributed by atoms with E-state index in [4.69, 9.17) is 20.3 Å². The molecular weight excluding hydrogens is 212 g/mol. The molecule has 6 nitrogen and oxygen atoms in total. The van der Waals surface area contributed by atoms with Gasteiger partial charge in [-0.2, -0.15) is 0 Å². The average Bonchev–Trinajstić information content (AvgIpc) is 2.26. The van der Waals surface area contributed by atoms with E-state index in [1.807, 2.05) is 0 Å². The number of hydrogen-bond donors (Lipinski definition) is 2. The van der Waals surface area contributed by atoms with Crippen molar-refractivity contribution < 1.29 is 19.4 Å². The molecule has 6 heteroatoms. The summed E-state index contributed by atoms with van der Waals surface area (Å²) in [5.74, 6) is -0.631. The zero-order valence-corrected chi connectivity index (χ0v) is 9.35. The maximum atomic E-state index is 10.9. The van der Waals surface area contributed by atoms with E-state index in [1.165, 1.54) is 14.2 Å². The van der Waals surface area contributed by atoms with Gasteiger partial charge in [-0.1, -0.05) is 0 Å². The van der Waals surface area contributed by atoms with Gasteiger partial charge in [-0.15, -0.1) is 0 Å². The van der Waals surface area contributed by atoms with Crippen molar-refractivity contribution in [3.8, 4) is 11.6 Å². The third kappa shape index (κ3) is 2.22. The molecule has 0 aromatic carbocycles. The Bertz CT molecular complexity index is 381. The van der Waals surface area contributed by atoms with Gasteiger partial charge in [-0.3, -0.25) is 4.79 Å². The van der Waals surface area contributed by atoms with Gasteiger partial charge in [-0.05, 0) is 6.92 Å². The van der Waals surface area contributed by atoms with Gasteiger partial charge in [0.1, 0.15) is 11.8 Å². The predicted octanol–water partition coefficient (Wildman–Crippen LogP) is 0.492. The maximum Gasteiger partial charge on any atom is 0.325 e. The van der Waals surface area contributed by atoms with Crippen LogP contribution in [0, 0.1) is 6.92 Å². The van der Waals surface area contributed by atoms with E-state index < -0.39 is 12.0 Å². The number of ether oxygens (including phenoxy) is 2. The van der Waals surface area contributed by atoms with Gasteiger partial charge in [0.2, 0.25) is 5.88 Å². The Balaban J connectivity index is 3.38. The second-order valence-electron chi connectivity index (χ2n) is 3.20. The van der Waals surface area contributed by atoms with Crippen LogP contribution in [0.5, 0.6) is 11.6 Å².